The molecule has 0 spiro atoms. The Balaban J connectivity index is 2.65. The van der Waals surface area contributed by atoms with Gasteiger partial charge in [0, 0.05) is 19.1 Å². The van der Waals surface area contributed by atoms with Crippen molar-refractivity contribution in [3.8, 4) is 0 Å². The van der Waals surface area contributed by atoms with Crippen LogP contribution in [0.2, 0.25) is 0 Å². The van der Waals surface area contributed by atoms with E-state index < -0.39 is 0 Å². The van der Waals surface area contributed by atoms with Gasteiger partial charge in [-0.1, -0.05) is 52.0 Å². The second-order valence-corrected chi connectivity index (χ2v) is 6.69. The summed E-state index contributed by atoms with van der Waals surface area (Å²) in [4.78, 5) is 2.45. The van der Waals surface area contributed by atoms with Crippen molar-refractivity contribution in [2.24, 2.45) is 11.8 Å². The van der Waals surface area contributed by atoms with Crippen LogP contribution in [-0.2, 0) is 13.1 Å². The molecule has 0 heterocycles. The average Bonchev–Trinajstić information content (AvgIpc) is 2.39. The molecule has 1 aromatic carbocycles. The third-order valence-corrected chi connectivity index (χ3v) is 4.07. The highest BCUT2D eigenvalue weighted by molar-refractivity contribution is 5.27. The predicted molar refractivity (Wildman–Crippen MR) is 88.8 cm³/mol. The van der Waals surface area contributed by atoms with Crippen LogP contribution in [0, 0.1) is 11.8 Å². The Kier molecular flexibility index (Phi) is 7.25. The van der Waals surface area contributed by atoms with Gasteiger partial charge in [-0.05, 0) is 43.5 Å². The standard InChI is InChI=1S/C18H32N2/c1-14(2)11-19-12-17-9-7-8-10-18(17)13-20(6)16(5)15(3)4/h7-10,14-16,19H,11-13H2,1-6H3. The van der Waals surface area contributed by atoms with Crippen LogP contribution in [0.5, 0.6) is 0 Å². The third kappa shape index (κ3) is 5.64. The van der Waals surface area contributed by atoms with Crippen LogP contribution >= 0.6 is 0 Å². The van der Waals surface area contributed by atoms with Crippen molar-refractivity contribution in [2.45, 2.75) is 53.8 Å². The maximum atomic E-state index is 3.55. The lowest BCUT2D eigenvalue weighted by Gasteiger charge is -2.28. The van der Waals surface area contributed by atoms with Gasteiger partial charge in [0.25, 0.3) is 0 Å². The van der Waals surface area contributed by atoms with Crippen molar-refractivity contribution in [3.63, 3.8) is 0 Å². The van der Waals surface area contributed by atoms with Crippen molar-refractivity contribution < 1.29 is 0 Å². The molecule has 0 saturated heterocycles. The van der Waals surface area contributed by atoms with Crippen molar-refractivity contribution in [2.75, 3.05) is 13.6 Å². The first kappa shape index (κ1) is 17.2. The Morgan fingerprint density at radius 3 is 2.15 bits per heavy atom. The maximum Gasteiger partial charge on any atom is 0.0236 e. The number of nitrogens with zero attached hydrogens (tertiary/aromatic N) is 1. The molecule has 2 heteroatoms. The maximum absolute atomic E-state index is 3.55. The molecule has 0 saturated carbocycles. The summed E-state index contributed by atoms with van der Waals surface area (Å²) in [5.74, 6) is 1.39. The van der Waals surface area contributed by atoms with Crippen LogP contribution in [0.3, 0.4) is 0 Å². The molecule has 1 aromatic rings. The number of hydrogen-bond donors (Lipinski definition) is 1. The molecule has 1 rings (SSSR count). The van der Waals surface area contributed by atoms with E-state index >= 15 is 0 Å². The van der Waals surface area contributed by atoms with Gasteiger partial charge >= 0.3 is 0 Å². The summed E-state index contributed by atoms with van der Waals surface area (Å²) in [5.41, 5.74) is 2.87. The van der Waals surface area contributed by atoms with E-state index in [4.69, 9.17) is 0 Å². The van der Waals surface area contributed by atoms with Crippen molar-refractivity contribution >= 4 is 0 Å². The lowest BCUT2D eigenvalue weighted by atomic mass is 10.0. The van der Waals surface area contributed by atoms with E-state index in [0.717, 1.165) is 19.6 Å². The minimum absolute atomic E-state index is 0.603. The summed E-state index contributed by atoms with van der Waals surface area (Å²) in [6.45, 7) is 14.5. The highest BCUT2D eigenvalue weighted by atomic mass is 15.1. The molecule has 0 aliphatic carbocycles. The first-order valence-electron chi connectivity index (χ1n) is 7.89. The summed E-state index contributed by atoms with van der Waals surface area (Å²) < 4.78 is 0. The van der Waals surface area contributed by atoms with E-state index in [2.05, 4.69) is 76.1 Å². The van der Waals surface area contributed by atoms with E-state index in [9.17, 15) is 0 Å². The van der Waals surface area contributed by atoms with Gasteiger partial charge in [0.15, 0.2) is 0 Å². The molecule has 0 fully saturated rings. The van der Waals surface area contributed by atoms with Crippen molar-refractivity contribution in [1.82, 2.24) is 10.2 Å². The molecule has 2 nitrogen and oxygen atoms in total. The lowest BCUT2D eigenvalue weighted by Crippen LogP contribution is -2.33. The summed E-state index contributed by atoms with van der Waals surface area (Å²) in [7, 11) is 2.23. The van der Waals surface area contributed by atoms with Gasteiger partial charge in [-0.25, -0.2) is 0 Å². The van der Waals surface area contributed by atoms with E-state index in [0.29, 0.717) is 17.9 Å². The van der Waals surface area contributed by atoms with Crippen LogP contribution in [0.25, 0.3) is 0 Å². The molecule has 0 aliphatic rings. The zero-order valence-electron chi connectivity index (χ0n) is 14.1. The predicted octanol–water partition coefficient (Wildman–Crippen LogP) is 3.91. The SMILES string of the molecule is CC(C)CNCc1ccccc1CN(C)C(C)C(C)C. The van der Waals surface area contributed by atoms with E-state index in [1.807, 2.05) is 0 Å². The largest absolute Gasteiger partial charge is 0.312 e. The van der Waals surface area contributed by atoms with Crippen molar-refractivity contribution in [1.29, 1.82) is 0 Å². The first-order valence-corrected chi connectivity index (χ1v) is 7.89. The number of benzene rings is 1. The second-order valence-electron chi connectivity index (χ2n) is 6.69. The molecule has 1 unspecified atom stereocenters. The van der Waals surface area contributed by atoms with E-state index in [1.54, 1.807) is 0 Å². The normalized spacial score (nSPS) is 13.4. The summed E-state index contributed by atoms with van der Waals surface area (Å²) >= 11 is 0. The van der Waals surface area contributed by atoms with E-state index in [1.165, 1.54) is 11.1 Å². The van der Waals surface area contributed by atoms with Gasteiger partial charge in [0.05, 0.1) is 0 Å². The second kappa shape index (κ2) is 8.43. The fourth-order valence-electron chi connectivity index (χ4n) is 2.30. The monoisotopic (exact) mass is 276 g/mol. The van der Waals surface area contributed by atoms with Crippen LogP contribution < -0.4 is 5.32 Å². The molecule has 0 aliphatic heterocycles. The smallest absolute Gasteiger partial charge is 0.0236 e. The van der Waals surface area contributed by atoms with Crippen molar-refractivity contribution in [3.05, 3.63) is 35.4 Å². The molecule has 20 heavy (non-hydrogen) atoms. The minimum atomic E-state index is 0.603. The molecule has 0 amide bonds. The number of hydrogen-bond acceptors (Lipinski definition) is 2. The number of nitrogens with one attached hydrogen (secondary N) is 1. The zero-order chi connectivity index (χ0) is 15.1. The van der Waals surface area contributed by atoms with Crippen LogP contribution in [-0.4, -0.2) is 24.5 Å². The molecule has 0 aromatic heterocycles. The summed E-state index contributed by atoms with van der Waals surface area (Å²) in [6.07, 6.45) is 0. The van der Waals surface area contributed by atoms with E-state index in [-0.39, 0.29) is 0 Å². The zero-order valence-corrected chi connectivity index (χ0v) is 14.1. The topological polar surface area (TPSA) is 15.3 Å². The van der Waals surface area contributed by atoms with Crippen LogP contribution in [0.15, 0.2) is 24.3 Å². The molecule has 0 radical (unpaired) electrons. The Morgan fingerprint density at radius 1 is 1.00 bits per heavy atom. The lowest BCUT2D eigenvalue weighted by molar-refractivity contribution is 0.200. The van der Waals surface area contributed by atoms with Gasteiger partial charge in [-0.3, -0.25) is 4.90 Å². The highest BCUT2D eigenvalue weighted by Crippen LogP contribution is 2.15. The van der Waals surface area contributed by atoms with Gasteiger partial charge in [0.1, 0.15) is 0 Å². The molecular formula is C18H32N2. The molecule has 1 N–H and O–H groups in total. The first-order chi connectivity index (χ1) is 9.41. The Bertz CT molecular complexity index is 385. The molecule has 0 bridgehead atoms. The molecule has 114 valence electrons. The Morgan fingerprint density at radius 2 is 1.60 bits per heavy atom. The molecular weight excluding hydrogens is 244 g/mol. The number of rotatable bonds is 8. The summed E-state index contributed by atoms with van der Waals surface area (Å²) in [5, 5.41) is 3.55. The quantitative estimate of drug-likeness (QED) is 0.774. The fraction of sp³-hybridized carbons (Fsp3) is 0.667. The van der Waals surface area contributed by atoms with Crippen LogP contribution in [0.4, 0.5) is 0 Å². The average molecular weight is 276 g/mol. The van der Waals surface area contributed by atoms with Gasteiger partial charge < -0.3 is 5.32 Å². The van der Waals surface area contributed by atoms with Crippen LogP contribution in [0.1, 0.15) is 45.7 Å². The van der Waals surface area contributed by atoms with Gasteiger partial charge in [-0.2, -0.15) is 0 Å². The fourth-order valence-corrected chi connectivity index (χ4v) is 2.30. The van der Waals surface area contributed by atoms with Gasteiger partial charge in [-0.15, -0.1) is 0 Å². The Hall–Kier alpha value is -0.860. The Labute approximate surface area is 125 Å². The minimum Gasteiger partial charge on any atom is -0.312 e. The summed E-state index contributed by atoms with van der Waals surface area (Å²) in [6, 6.07) is 9.40. The highest BCUT2D eigenvalue weighted by Gasteiger charge is 2.14. The van der Waals surface area contributed by atoms with Gasteiger partial charge in [0.2, 0.25) is 0 Å². The molecule has 1 atom stereocenters. The third-order valence-electron chi connectivity index (χ3n) is 4.07.